The second kappa shape index (κ2) is 7.41. The fourth-order valence-electron chi connectivity index (χ4n) is 3.44. The van der Waals surface area contributed by atoms with Crippen LogP contribution in [0.4, 0.5) is 0 Å². The Hall–Kier alpha value is -2.47. The Morgan fingerprint density at radius 1 is 1.23 bits per heavy atom. The van der Waals surface area contributed by atoms with E-state index in [-0.39, 0.29) is 5.91 Å². The normalized spacial score (nSPS) is 15.3. The van der Waals surface area contributed by atoms with E-state index in [0.29, 0.717) is 11.6 Å². The Labute approximate surface area is 157 Å². The third kappa shape index (κ3) is 3.55. The molecule has 1 aliphatic rings. The zero-order valence-corrected chi connectivity index (χ0v) is 15.7. The summed E-state index contributed by atoms with van der Waals surface area (Å²) < 4.78 is 2.20. The molecular formula is C20H22N4OS. The molecule has 1 aliphatic heterocycles. The lowest BCUT2D eigenvalue weighted by Gasteiger charge is -2.32. The Bertz CT molecular complexity index is 878. The zero-order chi connectivity index (χ0) is 17.9. The van der Waals surface area contributed by atoms with Crippen molar-refractivity contribution in [2.45, 2.75) is 26.3 Å². The number of thiazole rings is 1. The quantitative estimate of drug-likeness (QED) is 0.704. The first-order valence-corrected chi connectivity index (χ1v) is 9.86. The van der Waals surface area contributed by atoms with Gasteiger partial charge in [-0.3, -0.25) is 4.79 Å². The molecule has 1 fully saturated rings. The molecule has 0 unspecified atom stereocenters. The van der Waals surface area contributed by atoms with Gasteiger partial charge in [0.15, 0.2) is 0 Å². The average Bonchev–Trinajstić information content (AvgIpc) is 3.32. The number of amides is 1. The van der Waals surface area contributed by atoms with E-state index in [1.165, 1.54) is 11.3 Å². The van der Waals surface area contributed by atoms with Crippen LogP contribution in [0.25, 0.3) is 10.6 Å². The molecule has 0 saturated carbocycles. The van der Waals surface area contributed by atoms with E-state index in [1.807, 2.05) is 59.9 Å². The minimum absolute atomic E-state index is 0.0562. The number of rotatable bonds is 4. The van der Waals surface area contributed by atoms with Gasteiger partial charge in [0, 0.05) is 43.0 Å². The SMILES string of the molecule is Cc1nccn1CC1CCN(C(=O)c2csc(-c3ccccc3)n2)CC1. The molecule has 0 radical (unpaired) electrons. The van der Waals surface area contributed by atoms with Crippen molar-refractivity contribution in [1.29, 1.82) is 0 Å². The highest BCUT2D eigenvalue weighted by molar-refractivity contribution is 7.13. The van der Waals surface area contributed by atoms with Crippen molar-refractivity contribution in [1.82, 2.24) is 19.4 Å². The maximum Gasteiger partial charge on any atom is 0.273 e. The Morgan fingerprint density at radius 3 is 2.69 bits per heavy atom. The lowest BCUT2D eigenvalue weighted by atomic mass is 9.96. The minimum atomic E-state index is 0.0562. The first kappa shape index (κ1) is 17.0. The number of aromatic nitrogens is 3. The summed E-state index contributed by atoms with van der Waals surface area (Å²) in [5.41, 5.74) is 1.63. The van der Waals surface area contributed by atoms with Crippen molar-refractivity contribution in [2.75, 3.05) is 13.1 Å². The molecule has 0 bridgehead atoms. The molecule has 4 rings (SSSR count). The van der Waals surface area contributed by atoms with Crippen molar-refractivity contribution in [3.05, 3.63) is 59.6 Å². The number of hydrogen-bond acceptors (Lipinski definition) is 4. The first-order valence-electron chi connectivity index (χ1n) is 8.98. The molecule has 0 aliphatic carbocycles. The number of carbonyl (C=O) groups is 1. The van der Waals surface area contributed by atoms with Gasteiger partial charge in [-0.25, -0.2) is 9.97 Å². The Kier molecular flexibility index (Phi) is 4.84. The molecule has 6 heteroatoms. The topological polar surface area (TPSA) is 51.0 Å². The van der Waals surface area contributed by atoms with Gasteiger partial charge in [-0.1, -0.05) is 30.3 Å². The van der Waals surface area contributed by atoms with E-state index >= 15 is 0 Å². The number of imidazole rings is 1. The Morgan fingerprint density at radius 2 is 2.00 bits per heavy atom. The smallest absolute Gasteiger partial charge is 0.273 e. The summed E-state index contributed by atoms with van der Waals surface area (Å²) in [7, 11) is 0. The summed E-state index contributed by atoms with van der Waals surface area (Å²) in [6.45, 7) is 4.62. The van der Waals surface area contributed by atoms with E-state index in [2.05, 4.69) is 14.5 Å². The van der Waals surface area contributed by atoms with E-state index in [0.717, 1.165) is 48.9 Å². The summed E-state index contributed by atoms with van der Waals surface area (Å²) in [6, 6.07) is 10.0. The largest absolute Gasteiger partial charge is 0.337 e. The van der Waals surface area contributed by atoms with Gasteiger partial charge < -0.3 is 9.47 Å². The van der Waals surface area contributed by atoms with Crippen LogP contribution in [0.2, 0.25) is 0 Å². The van der Waals surface area contributed by atoms with Gasteiger partial charge in [-0.05, 0) is 25.7 Å². The van der Waals surface area contributed by atoms with Crippen LogP contribution < -0.4 is 0 Å². The number of likely N-dealkylation sites (tertiary alicyclic amines) is 1. The van der Waals surface area contributed by atoms with Gasteiger partial charge in [0.1, 0.15) is 16.5 Å². The summed E-state index contributed by atoms with van der Waals surface area (Å²) in [6.07, 6.45) is 5.94. The highest BCUT2D eigenvalue weighted by atomic mass is 32.1. The van der Waals surface area contributed by atoms with E-state index in [4.69, 9.17) is 0 Å². The van der Waals surface area contributed by atoms with Gasteiger partial charge in [0.2, 0.25) is 0 Å². The molecule has 2 aromatic heterocycles. The van der Waals surface area contributed by atoms with Crippen molar-refractivity contribution in [3.8, 4) is 10.6 Å². The van der Waals surface area contributed by atoms with Crippen LogP contribution >= 0.6 is 11.3 Å². The van der Waals surface area contributed by atoms with Gasteiger partial charge in [0.25, 0.3) is 5.91 Å². The van der Waals surface area contributed by atoms with Crippen LogP contribution in [0.1, 0.15) is 29.2 Å². The molecule has 0 spiro atoms. The number of aryl methyl sites for hydroxylation is 1. The third-order valence-corrected chi connectivity index (χ3v) is 5.92. The van der Waals surface area contributed by atoms with Gasteiger partial charge in [-0.2, -0.15) is 0 Å². The number of nitrogens with zero attached hydrogens (tertiary/aromatic N) is 4. The van der Waals surface area contributed by atoms with Crippen LogP contribution in [-0.2, 0) is 6.54 Å². The molecule has 1 saturated heterocycles. The maximum atomic E-state index is 12.8. The van der Waals surface area contributed by atoms with E-state index in [9.17, 15) is 4.79 Å². The molecule has 26 heavy (non-hydrogen) atoms. The zero-order valence-electron chi connectivity index (χ0n) is 14.8. The molecule has 0 atom stereocenters. The van der Waals surface area contributed by atoms with Crippen molar-refractivity contribution < 1.29 is 4.79 Å². The predicted octanol–water partition coefficient (Wildman–Crippen LogP) is 3.87. The lowest BCUT2D eigenvalue weighted by molar-refractivity contribution is 0.0677. The summed E-state index contributed by atoms with van der Waals surface area (Å²) in [5, 5.41) is 2.78. The van der Waals surface area contributed by atoms with Gasteiger partial charge in [-0.15, -0.1) is 11.3 Å². The number of piperidine rings is 1. The summed E-state index contributed by atoms with van der Waals surface area (Å²) in [5.74, 6) is 1.71. The van der Waals surface area contributed by atoms with Crippen molar-refractivity contribution in [3.63, 3.8) is 0 Å². The highest BCUT2D eigenvalue weighted by Crippen LogP contribution is 2.25. The van der Waals surface area contributed by atoms with Gasteiger partial charge in [0.05, 0.1) is 0 Å². The van der Waals surface area contributed by atoms with E-state index < -0.39 is 0 Å². The second-order valence-corrected chi connectivity index (χ2v) is 7.62. The minimum Gasteiger partial charge on any atom is -0.337 e. The first-order chi connectivity index (χ1) is 12.7. The van der Waals surface area contributed by atoms with Crippen LogP contribution in [0, 0.1) is 12.8 Å². The van der Waals surface area contributed by atoms with Crippen molar-refractivity contribution in [2.24, 2.45) is 5.92 Å². The van der Waals surface area contributed by atoms with Crippen LogP contribution in [0.5, 0.6) is 0 Å². The molecule has 134 valence electrons. The van der Waals surface area contributed by atoms with Crippen molar-refractivity contribution >= 4 is 17.2 Å². The Balaban J connectivity index is 1.37. The average molecular weight is 366 g/mol. The third-order valence-electron chi connectivity index (χ3n) is 5.02. The monoisotopic (exact) mass is 366 g/mol. The van der Waals surface area contributed by atoms with Gasteiger partial charge >= 0.3 is 0 Å². The molecule has 3 heterocycles. The number of carbonyl (C=O) groups excluding carboxylic acids is 1. The summed E-state index contributed by atoms with van der Waals surface area (Å²) >= 11 is 1.53. The highest BCUT2D eigenvalue weighted by Gasteiger charge is 2.25. The molecule has 0 N–H and O–H groups in total. The second-order valence-electron chi connectivity index (χ2n) is 6.77. The standard InChI is InChI=1S/C20H22N4OS/c1-15-21-9-12-24(15)13-16-7-10-23(11-8-16)20(25)18-14-26-19(22-18)17-5-3-2-4-6-17/h2-6,9,12,14,16H,7-8,10-11,13H2,1H3. The lowest BCUT2D eigenvalue weighted by Crippen LogP contribution is -2.39. The fraction of sp³-hybridized carbons (Fsp3) is 0.350. The van der Waals surface area contributed by atoms with E-state index in [1.54, 1.807) is 0 Å². The van der Waals surface area contributed by atoms with Crippen LogP contribution in [0.15, 0.2) is 48.1 Å². The molecule has 1 aromatic carbocycles. The van der Waals surface area contributed by atoms with Crippen LogP contribution in [-0.4, -0.2) is 38.4 Å². The predicted molar refractivity (Wildman–Crippen MR) is 103 cm³/mol. The molecular weight excluding hydrogens is 344 g/mol. The number of benzene rings is 1. The number of hydrogen-bond donors (Lipinski definition) is 0. The summed E-state index contributed by atoms with van der Waals surface area (Å²) in [4.78, 5) is 23.6. The molecule has 3 aromatic rings. The molecule has 5 nitrogen and oxygen atoms in total. The fourth-order valence-corrected chi connectivity index (χ4v) is 4.24. The maximum absolute atomic E-state index is 12.8. The van der Waals surface area contributed by atoms with Crippen LogP contribution in [0.3, 0.4) is 0 Å². The molecule has 1 amide bonds.